The molecule has 4 rings (SSSR count). The van der Waals surface area contributed by atoms with Gasteiger partial charge in [-0.3, -0.25) is 4.79 Å². The molecule has 27 heavy (non-hydrogen) atoms. The molecular formula is C22H28N2O3. The summed E-state index contributed by atoms with van der Waals surface area (Å²) in [7, 11) is 3.81. The molecule has 0 spiro atoms. The molecule has 0 radical (unpaired) electrons. The molecule has 1 heterocycles. The largest absolute Gasteiger partial charge is 0.443 e. The highest BCUT2D eigenvalue weighted by Gasteiger charge is 2.54. The van der Waals surface area contributed by atoms with Crippen molar-refractivity contribution in [3.63, 3.8) is 0 Å². The summed E-state index contributed by atoms with van der Waals surface area (Å²) in [4.78, 5) is 29.5. The summed E-state index contributed by atoms with van der Waals surface area (Å²) in [5.74, 6) is 0.350. The Hall–Kier alpha value is -2.30. The number of nitrogens with zero attached hydrogens (tertiary/aromatic N) is 2. The standard InChI is InChI=1S/C22H28N2O3/c1-22(2,3)27-21(26)24-19-16(17(20(24)25)12-23(4)5)11-14-7-6-8-15(18(14)19)13-9-10-13/h6-8,12-13,16,19H,9-11H2,1-5H3/b17-12+. The van der Waals surface area contributed by atoms with Crippen LogP contribution in [0.4, 0.5) is 4.79 Å². The fourth-order valence-electron chi connectivity index (χ4n) is 4.42. The molecule has 2 aliphatic carbocycles. The fraction of sp³-hybridized carbons (Fsp3) is 0.545. The van der Waals surface area contributed by atoms with Crippen LogP contribution in [-0.4, -0.2) is 41.5 Å². The number of rotatable bonds is 2. The molecule has 144 valence electrons. The SMILES string of the molecule is CN(C)/C=C1/C(=O)N(C(=O)OC(C)(C)C)C2c3c(cccc3C3CC3)CC12. The number of carbonyl (C=O) groups excluding carboxylic acids is 2. The number of hydrogen-bond acceptors (Lipinski definition) is 4. The minimum atomic E-state index is -0.641. The fourth-order valence-corrected chi connectivity index (χ4v) is 4.42. The second-order valence-electron chi connectivity index (χ2n) is 9.15. The Morgan fingerprint density at radius 3 is 2.56 bits per heavy atom. The van der Waals surface area contributed by atoms with Gasteiger partial charge in [0.2, 0.25) is 0 Å². The first kappa shape index (κ1) is 18.1. The van der Waals surface area contributed by atoms with Gasteiger partial charge in [0.1, 0.15) is 5.60 Å². The van der Waals surface area contributed by atoms with Crippen LogP contribution >= 0.6 is 0 Å². The Labute approximate surface area is 161 Å². The van der Waals surface area contributed by atoms with Gasteiger partial charge < -0.3 is 9.64 Å². The zero-order valence-electron chi connectivity index (χ0n) is 16.8. The van der Waals surface area contributed by atoms with Crippen molar-refractivity contribution in [3.05, 3.63) is 46.7 Å². The minimum Gasteiger partial charge on any atom is -0.443 e. The van der Waals surface area contributed by atoms with Gasteiger partial charge in [0.15, 0.2) is 0 Å². The number of imide groups is 1. The average molecular weight is 368 g/mol. The number of ether oxygens (including phenoxy) is 1. The lowest BCUT2D eigenvalue weighted by molar-refractivity contribution is -0.125. The van der Waals surface area contributed by atoms with Crippen molar-refractivity contribution in [2.45, 2.75) is 57.6 Å². The molecule has 5 nitrogen and oxygen atoms in total. The first-order valence-corrected chi connectivity index (χ1v) is 9.73. The van der Waals surface area contributed by atoms with Gasteiger partial charge in [0.05, 0.1) is 6.04 Å². The highest BCUT2D eigenvalue weighted by atomic mass is 16.6. The lowest BCUT2D eigenvalue weighted by Crippen LogP contribution is -2.39. The van der Waals surface area contributed by atoms with E-state index in [1.807, 2.05) is 46.0 Å². The van der Waals surface area contributed by atoms with E-state index in [2.05, 4.69) is 18.2 Å². The Kier molecular flexibility index (Phi) is 4.09. The summed E-state index contributed by atoms with van der Waals surface area (Å²) in [6.07, 6.45) is 4.50. The van der Waals surface area contributed by atoms with Crippen LogP contribution in [0, 0.1) is 5.92 Å². The maximum Gasteiger partial charge on any atom is 0.417 e. The first-order chi connectivity index (χ1) is 12.7. The van der Waals surface area contributed by atoms with E-state index in [9.17, 15) is 9.59 Å². The Bertz CT molecular complexity index is 830. The van der Waals surface area contributed by atoms with Crippen LogP contribution in [0.1, 0.15) is 62.3 Å². The second-order valence-corrected chi connectivity index (χ2v) is 9.15. The lowest BCUT2D eigenvalue weighted by atomic mass is 9.94. The number of amides is 2. The monoisotopic (exact) mass is 368 g/mol. The zero-order chi connectivity index (χ0) is 19.5. The molecule has 0 aromatic heterocycles. The number of fused-ring (bicyclic) bond motifs is 3. The van der Waals surface area contributed by atoms with E-state index < -0.39 is 11.7 Å². The third-order valence-corrected chi connectivity index (χ3v) is 5.49. The van der Waals surface area contributed by atoms with Crippen LogP contribution in [0.5, 0.6) is 0 Å². The van der Waals surface area contributed by atoms with Crippen LogP contribution in [0.2, 0.25) is 0 Å². The second kappa shape index (κ2) is 6.11. The van der Waals surface area contributed by atoms with Crippen molar-refractivity contribution >= 4 is 12.0 Å². The minimum absolute atomic E-state index is 0.00215. The van der Waals surface area contributed by atoms with Gasteiger partial charge in [-0.2, -0.15) is 0 Å². The molecule has 2 atom stereocenters. The van der Waals surface area contributed by atoms with Crippen LogP contribution in [0.3, 0.4) is 0 Å². The predicted octanol–water partition coefficient (Wildman–Crippen LogP) is 4.00. The van der Waals surface area contributed by atoms with Gasteiger partial charge in [-0.05, 0) is 62.6 Å². The van der Waals surface area contributed by atoms with E-state index >= 15 is 0 Å². The van der Waals surface area contributed by atoms with E-state index in [0.29, 0.717) is 11.5 Å². The summed E-state index contributed by atoms with van der Waals surface area (Å²) in [6, 6.07) is 6.18. The Balaban J connectivity index is 1.81. The van der Waals surface area contributed by atoms with E-state index in [1.165, 1.54) is 34.4 Å². The van der Waals surface area contributed by atoms with Crippen LogP contribution in [-0.2, 0) is 16.0 Å². The summed E-state index contributed by atoms with van der Waals surface area (Å²) in [5.41, 5.74) is 3.82. The van der Waals surface area contributed by atoms with E-state index in [4.69, 9.17) is 4.74 Å². The molecule has 1 aromatic rings. The third kappa shape index (κ3) is 3.13. The van der Waals surface area contributed by atoms with Crippen molar-refractivity contribution in [2.75, 3.05) is 14.1 Å². The van der Waals surface area contributed by atoms with Crippen LogP contribution in [0.25, 0.3) is 0 Å². The maximum atomic E-state index is 13.2. The lowest BCUT2D eigenvalue weighted by Gasteiger charge is -2.28. The quantitative estimate of drug-likeness (QED) is 0.741. The molecule has 1 aliphatic heterocycles. The summed E-state index contributed by atoms with van der Waals surface area (Å²) in [5, 5.41) is 0. The van der Waals surface area contributed by atoms with Crippen molar-refractivity contribution < 1.29 is 14.3 Å². The van der Waals surface area contributed by atoms with E-state index in [-0.39, 0.29) is 17.9 Å². The van der Waals surface area contributed by atoms with E-state index in [1.54, 1.807) is 0 Å². The Morgan fingerprint density at radius 2 is 1.96 bits per heavy atom. The van der Waals surface area contributed by atoms with Crippen molar-refractivity contribution in [2.24, 2.45) is 5.92 Å². The van der Waals surface area contributed by atoms with Crippen LogP contribution < -0.4 is 0 Å². The average Bonchev–Trinajstić information content (AvgIpc) is 3.27. The summed E-state index contributed by atoms with van der Waals surface area (Å²) >= 11 is 0. The van der Waals surface area contributed by atoms with Gasteiger partial charge >= 0.3 is 6.09 Å². The van der Waals surface area contributed by atoms with Crippen LogP contribution in [0.15, 0.2) is 30.0 Å². The molecule has 0 N–H and O–H groups in total. The topological polar surface area (TPSA) is 49.9 Å². The van der Waals surface area contributed by atoms with Gasteiger partial charge in [-0.25, -0.2) is 9.69 Å². The highest BCUT2D eigenvalue weighted by molar-refractivity contribution is 6.06. The van der Waals surface area contributed by atoms with Gasteiger partial charge in [-0.15, -0.1) is 0 Å². The molecule has 1 saturated heterocycles. The Morgan fingerprint density at radius 1 is 1.26 bits per heavy atom. The smallest absolute Gasteiger partial charge is 0.417 e. The zero-order valence-corrected chi connectivity index (χ0v) is 16.8. The van der Waals surface area contributed by atoms with E-state index in [0.717, 1.165) is 6.42 Å². The molecule has 1 saturated carbocycles. The number of benzene rings is 1. The number of hydrogen-bond donors (Lipinski definition) is 0. The number of carbonyl (C=O) groups is 2. The van der Waals surface area contributed by atoms with Gasteiger partial charge in [0, 0.05) is 31.8 Å². The molecule has 1 aromatic carbocycles. The van der Waals surface area contributed by atoms with Gasteiger partial charge in [0.25, 0.3) is 5.91 Å². The summed E-state index contributed by atoms with van der Waals surface area (Å²) < 4.78 is 5.61. The molecule has 2 fully saturated rings. The van der Waals surface area contributed by atoms with Gasteiger partial charge in [-0.1, -0.05) is 18.2 Å². The molecular weight excluding hydrogens is 340 g/mol. The molecule has 2 unspecified atom stereocenters. The van der Waals surface area contributed by atoms with Crippen molar-refractivity contribution in [3.8, 4) is 0 Å². The molecule has 2 amide bonds. The summed E-state index contributed by atoms with van der Waals surface area (Å²) in [6.45, 7) is 5.49. The molecule has 3 aliphatic rings. The first-order valence-electron chi connectivity index (χ1n) is 9.73. The molecule has 5 heteroatoms. The third-order valence-electron chi connectivity index (χ3n) is 5.49. The van der Waals surface area contributed by atoms with Crippen molar-refractivity contribution in [1.82, 2.24) is 9.80 Å². The predicted molar refractivity (Wildman–Crippen MR) is 103 cm³/mol. The highest BCUT2D eigenvalue weighted by Crippen LogP contribution is 2.54. The van der Waals surface area contributed by atoms with Crippen molar-refractivity contribution in [1.29, 1.82) is 0 Å². The normalized spacial score (nSPS) is 25.6. The maximum absolute atomic E-state index is 13.2. The molecule has 0 bridgehead atoms. The number of likely N-dealkylation sites (tertiary alicyclic amines) is 1.